The van der Waals surface area contributed by atoms with Gasteiger partial charge in [0.05, 0.1) is 13.2 Å². The molecule has 2 aromatic rings. The summed E-state index contributed by atoms with van der Waals surface area (Å²) in [5.74, 6) is 0. The first-order chi connectivity index (χ1) is 9.89. The molecule has 0 radical (unpaired) electrons. The Hall–Kier alpha value is -1.38. The highest BCUT2D eigenvalue weighted by molar-refractivity contribution is 6.76. The van der Waals surface area contributed by atoms with Crippen molar-refractivity contribution in [3.05, 3.63) is 71.3 Å². The molecular weight excluding hydrogens is 270 g/mol. The highest BCUT2D eigenvalue weighted by Crippen LogP contribution is 2.43. The zero-order valence-corrected chi connectivity index (χ0v) is 14.6. The van der Waals surface area contributed by atoms with E-state index in [1.807, 2.05) is 0 Å². The number of hydrogen-bond donors (Lipinski definition) is 0. The van der Waals surface area contributed by atoms with E-state index < -0.39 is 8.07 Å². The summed E-state index contributed by atoms with van der Waals surface area (Å²) in [6.07, 6.45) is 1.32. The lowest BCUT2D eigenvalue weighted by Crippen LogP contribution is -2.52. The van der Waals surface area contributed by atoms with E-state index in [1.54, 1.807) is 0 Å². The Bertz CT molecular complexity index is 630. The highest BCUT2D eigenvalue weighted by Gasteiger charge is 2.45. The van der Waals surface area contributed by atoms with Gasteiger partial charge in [0.15, 0.2) is 0 Å². The van der Waals surface area contributed by atoms with Crippen molar-refractivity contribution in [1.82, 2.24) is 0 Å². The quantitative estimate of drug-likeness (QED) is 0.573. The number of rotatable bonds is 3. The van der Waals surface area contributed by atoms with E-state index in [2.05, 4.69) is 81.3 Å². The Morgan fingerprint density at radius 1 is 0.952 bits per heavy atom. The molecule has 2 heteroatoms. The van der Waals surface area contributed by atoms with Gasteiger partial charge in [-0.3, -0.25) is 0 Å². The summed E-state index contributed by atoms with van der Waals surface area (Å²) >= 11 is 0. The van der Waals surface area contributed by atoms with E-state index in [0.29, 0.717) is 6.04 Å². The number of hydrogen-bond acceptors (Lipinski definition) is 0. The lowest BCUT2D eigenvalue weighted by atomic mass is 9.97. The minimum Gasteiger partial charge on any atom is -0.316 e. The average molecular weight is 297 g/mol. The summed E-state index contributed by atoms with van der Waals surface area (Å²) in [6, 6.07) is 20.6. The van der Waals surface area contributed by atoms with Gasteiger partial charge in [-0.15, -0.1) is 0 Å². The van der Waals surface area contributed by atoms with Crippen LogP contribution in [-0.2, 0) is 6.54 Å². The summed E-state index contributed by atoms with van der Waals surface area (Å²) < 4.78 is 1.14. The Morgan fingerprint density at radius 2 is 1.57 bits per heavy atom. The minimum atomic E-state index is -1.14. The first kappa shape index (κ1) is 14.5. The molecule has 1 nitrogen and oxygen atoms in total. The van der Waals surface area contributed by atoms with Crippen molar-refractivity contribution in [3.8, 4) is 0 Å². The molecule has 1 aliphatic rings. The molecule has 3 rings (SSSR count). The van der Waals surface area contributed by atoms with Gasteiger partial charge in [0, 0.05) is 16.7 Å². The van der Waals surface area contributed by atoms with Crippen LogP contribution in [0.3, 0.4) is 0 Å². The van der Waals surface area contributed by atoms with E-state index >= 15 is 0 Å². The molecule has 0 unspecified atom stereocenters. The maximum absolute atomic E-state index is 2.49. The third-order valence-corrected chi connectivity index (χ3v) is 6.13. The molecule has 2 atom stereocenters. The monoisotopic (exact) mass is 296 g/mol. The van der Waals surface area contributed by atoms with Crippen LogP contribution >= 0.6 is 0 Å². The summed E-state index contributed by atoms with van der Waals surface area (Å²) in [7, 11) is 1.32. The van der Waals surface area contributed by atoms with Gasteiger partial charge >= 0.3 is 0 Å². The van der Waals surface area contributed by atoms with Gasteiger partial charge in [-0.1, -0.05) is 74.2 Å². The molecule has 21 heavy (non-hydrogen) atoms. The fourth-order valence-corrected chi connectivity index (χ4v) is 6.63. The van der Waals surface area contributed by atoms with Gasteiger partial charge in [-0.25, -0.2) is 0 Å². The van der Waals surface area contributed by atoms with Crippen LogP contribution in [0.2, 0.25) is 19.6 Å². The molecule has 0 fully saturated rings. The van der Waals surface area contributed by atoms with Gasteiger partial charge in [0.25, 0.3) is 0 Å². The zero-order valence-electron chi connectivity index (χ0n) is 13.6. The maximum atomic E-state index is 2.49. The van der Waals surface area contributed by atoms with Crippen LogP contribution in [0.1, 0.15) is 22.7 Å². The first-order valence-electron chi connectivity index (χ1n) is 7.86. The Labute approximate surface area is 129 Å². The van der Waals surface area contributed by atoms with E-state index in [1.165, 1.54) is 29.4 Å². The molecule has 0 bridgehead atoms. The normalized spacial score (nSPS) is 24.9. The van der Waals surface area contributed by atoms with E-state index in [-0.39, 0.29) is 0 Å². The lowest BCUT2D eigenvalue weighted by Gasteiger charge is -2.40. The van der Waals surface area contributed by atoms with Crippen LogP contribution in [0.5, 0.6) is 0 Å². The van der Waals surface area contributed by atoms with Gasteiger partial charge in [0.1, 0.15) is 20.7 Å². The molecule has 0 N–H and O–H groups in total. The van der Waals surface area contributed by atoms with E-state index in [0.717, 1.165) is 4.48 Å². The van der Waals surface area contributed by atoms with Crippen molar-refractivity contribution in [3.63, 3.8) is 0 Å². The minimum absolute atomic E-state index is 0.495. The van der Waals surface area contributed by atoms with Crippen LogP contribution in [0.4, 0.5) is 0 Å². The van der Waals surface area contributed by atoms with Gasteiger partial charge < -0.3 is 4.48 Å². The molecule has 1 aliphatic heterocycles. The molecule has 110 valence electrons. The Morgan fingerprint density at radius 3 is 2.24 bits per heavy atom. The molecular formula is C19H26NSi+. The third kappa shape index (κ3) is 2.83. The van der Waals surface area contributed by atoms with E-state index in [4.69, 9.17) is 0 Å². The van der Waals surface area contributed by atoms with Crippen LogP contribution < -0.4 is 0 Å². The number of fused-ring (bicyclic) bond motifs is 1. The number of quaternary nitrogens is 1. The van der Waals surface area contributed by atoms with Gasteiger partial charge in [-0.05, 0) is 0 Å². The molecule has 1 heterocycles. The molecule has 0 aliphatic carbocycles. The molecule has 0 saturated carbocycles. The number of benzene rings is 2. The topological polar surface area (TPSA) is 0 Å². The summed E-state index contributed by atoms with van der Waals surface area (Å²) in [6.45, 7) is 8.63. The van der Waals surface area contributed by atoms with Crippen molar-refractivity contribution in [1.29, 1.82) is 0 Å². The summed E-state index contributed by atoms with van der Waals surface area (Å²) in [5, 5.41) is 0. The second-order valence-corrected chi connectivity index (χ2v) is 13.3. The maximum Gasteiger partial charge on any atom is 0.141 e. The standard InChI is InChI=1S/C19H26NSi/c1-20(15-21(2,3)4)14-17-12-8-9-13-18(17)19(20)16-10-6-5-7-11-16/h5-13,19H,14-15H2,1-4H3/q+1/t19-,20-/m0/s1. The number of nitrogens with zero attached hydrogens (tertiary/aromatic N) is 1. The second kappa shape index (κ2) is 5.11. The Kier molecular flexibility index (Phi) is 3.54. The van der Waals surface area contributed by atoms with Crippen molar-refractivity contribution in [2.24, 2.45) is 0 Å². The third-order valence-electron chi connectivity index (χ3n) is 4.46. The van der Waals surface area contributed by atoms with Gasteiger partial charge in [0.2, 0.25) is 0 Å². The van der Waals surface area contributed by atoms with Crippen molar-refractivity contribution in [2.75, 3.05) is 13.2 Å². The molecule has 0 aromatic heterocycles. The largest absolute Gasteiger partial charge is 0.316 e. The van der Waals surface area contributed by atoms with Crippen LogP contribution in [-0.4, -0.2) is 25.8 Å². The summed E-state index contributed by atoms with van der Waals surface area (Å²) in [4.78, 5) is 0. The van der Waals surface area contributed by atoms with Crippen molar-refractivity contribution >= 4 is 8.07 Å². The first-order valence-corrected chi connectivity index (χ1v) is 11.6. The van der Waals surface area contributed by atoms with Crippen molar-refractivity contribution in [2.45, 2.75) is 32.2 Å². The highest BCUT2D eigenvalue weighted by atomic mass is 28.3. The fraction of sp³-hybridized carbons (Fsp3) is 0.368. The zero-order chi connectivity index (χ0) is 15.1. The molecule has 0 spiro atoms. The van der Waals surface area contributed by atoms with Crippen LogP contribution in [0.25, 0.3) is 0 Å². The molecule has 0 saturated heterocycles. The fourth-order valence-electron chi connectivity index (χ4n) is 4.17. The predicted molar refractivity (Wildman–Crippen MR) is 92.8 cm³/mol. The van der Waals surface area contributed by atoms with Gasteiger partial charge in [-0.2, -0.15) is 0 Å². The smallest absolute Gasteiger partial charge is 0.141 e. The van der Waals surface area contributed by atoms with Crippen LogP contribution in [0, 0.1) is 0 Å². The SMILES string of the molecule is C[N@@+]1(C[Si](C)(C)C)Cc2ccccc2[C@@H]1c1ccccc1. The second-order valence-electron chi connectivity index (χ2n) is 7.87. The van der Waals surface area contributed by atoms with Crippen LogP contribution in [0.15, 0.2) is 54.6 Å². The molecule has 2 aromatic carbocycles. The summed E-state index contributed by atoms with van der Waals surface area (Å²) in [5.41, 5.74) is 4.53. The predicted octanol–water partition coefficient (Wildman–Crippen LogP) is 4.61. The Balaban J connectivity index is 2.10. The van der Waals surface area contributed by atoms with E-state index in [9.17, 15) is 0 Å². The lowest BCUT2D eigenvalue weighted by molar-refractivity contribution is -0.930. The van der Waals surface area contributed by atoms with Crippen molar-refractivity contribution < 1.29 is 4.48 Å². The molecule has 0 amide bonds. The average Bonchev–Trinajstić information content (AvgIpc) is 2.68.